The molecule has 0 bridgehead atoms. The maximum absolute atomic E-state index is 5.92. The molecule has 0 spiro atoms. The minimum Gasteiger partial charge on any atom is -0.351 e. The first kappa shape index (κ1) is 23.0. The zero-order valence-electron chi connectivity index (χ0n) is 20.0. The van der Waals surface area contributed by atoms with Crippen molar-refractivity contribution in [1.82, 2.24) is 14.9 Å². The number of hydrogen-bond acceptors (Lipinski definition) is 2. The van der Waals surface area contributed by atoms with Crippen molar-refractivity contribution in [1.29, 1.82) is 0 Å². The highest BCUT2D eigenvalue weighted by molar-refractivity contribution is 9.10. The van der Waals surface area contributed by atoms with Gasteiger partial charge in [0.25, 0.3) is 0 Å². The van der Waals surface area contributed by atoms with Gasteiger partial charge in [0.2, 0.25) is 0 Å². The first-order valence-electron chi connectivity index (χ1n) is 12.0. The molecule has 4 nitrogen and oxygen atoms in total. The molecule has 5 aromatic rings. The Labute approximate surface area is 224 Å². The van der Waals surface area contributed by atoms with E-state index in [4.69, 9.17) is 17.2 Å². The molecule has 2 atom stereocenters. The van der Waals surface area contributed by atoms with Gasteiger partial charge < -0.3 is 14.8 Å². The van der Waals surface area contributed by atoms with Crippen molar-refractivity contribution in [2.24, 2.45) is 0 Å². The van der Waals surface area contributed by atoms with Crippen molar-refractivity contribution < 1.29 is 0 Å². The zero-order valence-corrected chi connectivity index (χ0v) is 22.4. The van der Waals surface area contributed by atoms with Gasteiger partial charge in [-0.05, 0) is 85.5 Å². The van der Waals surface area contributed by atoms with Gasteiger partial charge in [0, 0.05) is 33.1 Å². The molecular formula is C30H25BrN4S. The Morgan fingerprint density at radius 2 is 1.64 bits per heavy atom. The standard InChI is InChI=1S/C30H25BrN4S/c1-19-18-25(20(2)34(19)27-12-7-9-21-8-3-4-10-24(21)27)29-28(26-11-5-6-17-32-26)33-30(36)35(29)23-15-13-22(31)14-16-23/h3-18,28-29H,1-2H3,(H,33,36)/t28-,29-/m0/s1. The molecule has 0 amide bonds. The zero-order chi connectivity index (χ0) is 24.8. The average Bonchev–Trinajstić information content (AvgIpc) is 3.39. The summed E-state index contributed by atoms with van der Waals surface area (Å²) in [5.74, 6) is 0. The number of rotatable bonds is 4. The molecule has 1 saturated heterocycles. The molecular weight excluding hydrogens is 528 g/mol. The fourth-order valence-electron chi connectivity index (χ4n) is 5.41. The van der Waals surface area contributed by atoms with Crippen molar-refractivity contribution >= 4 is 49.7 Å². The highest BCUT2D eigenvalue weighted by Gasteiger charge is 2.42. The molecule has 1 aliphatic heterocycles. The number of pyridine rings is 1. The van der Waals surface area contributed by atoms with Gasteiger partial charge in [-0.25, -0.2) is 0 Å². The lowest BCUT2D eigenvalue weighted by Gasteiger charge is -2.28. The van der Waals surface area contributed by atoms with Crippen molar-refractivity contribution in [2.75, 3.05) is 4.90 Å². The van der Waals surface area contributed by atoms with Gasteiger partial charge in [-0.2, -0.15) is 0 Å². The molecule has 2 aromatic heterocycles. The topological polar surface area (TPSA) is 33.1 Å². The predicted octanol–water partition coefficient (Wildman–Crippen LogP) is 7.58. The molecule has 0 saturated carbocycles. The van der Waals surface area contributed by atoms with Crippen LogP contribution < -0.4 is 10.2 Å². The molecule has 1 N–H and O–H groups in total. The number of halogens is 1. The fraction of sp³-hybridized carbons (Fsp3) is 0.133. The molecule has 3 heterocycles. The molecule has 1 aliphatic rings. The molecule has 0 radical (unpaired) electrons. The highest BCUT2D eigenvalue weighted by Crippen LogP contribution is 2.44. The lowest BCUT2D eigenvalue weighted by atomic mass is 9.96. The second-order valence-electron chi connectivity index (χ2n) is 9.13. The monoisotopic (exact) mass is 552 g/mol. The van der Waals surface area contributed by atoms with Crippen molar-refractivity contribution in [3.63, 3.8) is 0 Å². The van der Waals surface area contributed by atoms with Crippen LogP contribution in [-0.4, -0.2) is 14.7 Å². The number of aryl methyl sites for hydroxylation is 1. The number of hydrogen-bond donors (Lipinski definition) is 1. The summed E-state index contributed by atoms with van der Waals surface area (Å²) < 4.78 is 3.41. The van der Waals surface area contributed by atoms with E-state index in [9.17, 15) is 0 Å². The summed E-state index contributed by atoms with van der Waals surface area (Å²) in [6.07, 6.45) is 1.85. The Morgan fingerprint density at radius 1 is 0.889 bits per heavy atom. The lowest BCUT2D eigenvalue weighted by molar-refractivity contribution is 0.565. The van der Waals surface area contributed by atoms with E-state index in [1.165, 1.54) is 33.4 Å². The number of nitrogens with zero attached hydrogens (tertiary/aromatic N) is 3. The minimum absolute atomic E-state index is 0.0523. The third kappa shape index (κ3) is 3.81. The second kappa shape index (κ2) is 9.19. The molecule has 3 aromatic carbocycles. The molecule has 36 heavy (non-hydrogen) atoms. The van der Waals surface area contributed by atoms with Gasteiger partial charge in [-0.1, -0.05) is 58.4 Å². The van der Waals surface area contributed by atoms with Crippen LogP contribution >= 0.6 is 28.1 Å². The fourth-order valence-corrected chi connectivity index (χ4v) is 6.02. The number of fused-ring (bicyclic) bond motifs is 1. The third-order valence-electron chi connectivity index (χ3n) is 7.00. The quantitative estimate of drug-likeness (QED) is 0.233. The van der Waals surface area contributed by atoms with Crippen LogP contribution in [0.1, 0.15) is 34.7 Å². The van der Waals surface area contributed by atoms with Gasteiger partial charge in [0.1, 0.15) is 0 Å². The summed E-state index contributed by atoms with van der Waals surface area (Å²) in [7, 11) is 0. The number of thiocarbonyl (C=S) groups is 1. The van der Waals surface area contributed by atoms with Gasteiger partial charge in [-0.3, -0.25) is 4.98 Å². The van der Waals surface area contributed by atoms with E-state index in [0.29, 0.717) is 5.11 Å². The van der Waals surface area contributed by atoms with Crippen LogP contribution in [0.3, 0.4) is 0 Å². The van der Waals surface area contributed by atoms with Gasteiger partial charge in [-0.15, -0.1) is 0 Å². The van der Waals surface area contributed by atoms with E-state index in [0.717, 1.165) is 15.9 Å². The molecule has 6 heteroatoms. The summed E-state index contributed by atoms with van der Waals surface area (Å²) in [5, 5.41) is 6.75. The SMILES string of the molecule is Cc1cc([C@H]2[C@H](c3ccccn3)NC(=S)N2c2ccc(Br)cc2)c(C)n1-c1cccc2ccccc12. The summed E-state index contributed by atoms with van der Waals surface area (Å²) in [5.41, 5.74) is 6.82. The van der Waals surface area contributed by atoms with Crippen LogP contribution in [-0.2, 0) is 0 Å². The summed E-state index contributed by atoms with van der Waals surface area (Å²) >= 11 is 9.49. The van der Waals surface area contributed by atoms with E-state index in [1.54, 1.807) is 0 Å². The largest absolute Gasteiger partial charge is 0.351 e. The predicted molar refractivity (Wildman–Crippen MR) is 155 cm³/mol. The van der Waals surface area contributed by atoms with E-state index >= 15 is 0 Å². The van der Waals surface area contributed by atoms with E-state index in [-0.39, 0.29) is 12.1 Å². The molecule has 178 valence electrons. The summed E-state index contributed by atoms with van der Waals surface area (Å²) in [4.78, 5) is 6.94. The van der Waals surface area contributed by atoms with Crippen molar-refractivity contribution in [2.45, 2.75) is 25.9 Å². The Balaban J connectivity index is 1.55. The van der Waals surface area contributed by atoms with Crippen LogP contribution in [0.4, 0.5) is 5.69 Å². The smallest absolute Gasteiger partial charge is 0.174 e. The van der Waals surface area contributed by atoms with Crippen LogP contribution in [0.25, 0.3) is 16.5 Å². The van der Waals surface area contributed by atoms with Crippen LogP contribution in [0.5, 0.6) is 0 Å². The molecule has 0 unspecified atom stereocenters. The maximum atomic E-state index is 5.92. The van der Waals surface area contributed by atoms with Crippen LogP contribution in [0, 0.1) is 13.8 Å². The number of benzene rings is 3. The Bertz CT molecular complexity index is 1570. The number of aromatic nitrogens is 2. The minimum atomic E-state index is -0.0798. The van der Waals surface area contributed by atoms with E-state index in [2.05, 4.69) is 123 Å². The van der Waals surface area contributed by atoms with Gasteiger partial charge in [0.15, 0.2) is 5.11 Å². The van der Waals surface area contributed by atoms with Gasteiger partial charge in [0.05, 0.1) is 23.5 Å². The van der Waals surface area contributed by atoms with Gasteiger partial charge >= 0.3 is 0 Å². The molecule has 0 aliphatic carbocycles. The van der Waals surface area contributed by atoms with Crippen LogP contribution in [0.2, 0.25) is 0 Å². The highest BCUT2D eigenvalue weighted by atomic mass is 79.9. The van der Waals surface area contributed by atoms with Crippen molar-refractivity contribution in [3.8, 4) is 5.69 Å². The van der Waals surface area contributed by atoms with Crippen molar-refractivity contribution in [3.05, 3.63) is 124 Å². The number of nitrogens with one attached hydrogen (secondary N) is 1. The maximum Gasteiger partial charge on any atom is 0.174 e. The average molecular weight is 554 g/mol. The first-order chi connectivity index (χ1) is 17.5. The number of anilines is 1. The van der Waals surface area contributed by atoms with E-state index in [1.807, 2.05) is 18.3 Å². The second-order valence-corrected chi connectivity index (χ2v) is 10.4. The normalized spacial score (nSPS) is 17.5. The summed E-state index contributed by atoms with van der Waals surface area (Å²) in [6.45, 7) is 4.39. The first-order valence-corrected chi connectivity index (χ1v) is 13.2. The third-order valence-corrected chi connectivity index (χ3v) is 7.84. The Kier molecular flexibility index (Phi) is 5.86. The molecule has 6 rings (SSSR count). The molecule has 1 fully saturated rings. The van der Waals surface area contributed by atoms with E-state index < -0.39 is 0 Å². The van der Waals surface area contributed by atoms with Crippen LogP contribution in [0.15, 0.2) is 102 Å². The Hall–Kier alpha value is -3.48. The summed E-state index contributed by atoms with van der Waals surface area (Å²) in [6, 6.07) is 31.6. The lowest BCUT2D eigenvalue weighted by Crippen LogP contribution is -2.29. The Morgan fingerprint density at radius 3 is 2.42 bits per heavy atom.